The normalized spacial score (nSPS) is 9.64. The molecule has 0 amide bonds. The van der Waals surface area contributed by atoms with E-state index in [2.05, 4.69) is 10.1 Å². The lowest BCUT2D eigenvalue weighted by molar-refractivity contribution is 0.881. The highest BCUT2D eigenvalue weighted by atomic mass is 15.3. The van der Waals surface area contributed by atoms with Crippen molar-refractivity contribution in [2.24, 2.45) is 0 Å². The first kappa shape index (κ1) is 8.26. The zero-order valence-corrected chi connectivity index (χ0v) is 7.25. The fourth-order valence-corrected chi connectivity index (χ4v) is 1.18. The molecule has 0 atom stereocenters. The Balaban J connectivity index is 2.61. The molecule has 0 unspecified atom stereocenters. The van der Waals surface area contributed by atoms with E-state index in [1.165, 1.54) is 17.3 Å². The summed E-state index contributed by atoms with van der Waals surface area (Å²) in [6.07, 6.45) is 2.95. The second kappa shape index (κ2) is 3.18. The van der Waals surface area contributed by atoms with E-state index in [0.29, 0.717) is 16.9 Å². The van der Waals surface area contributed by atoms with Crippen molar-refractivity contribution in [2.45, 2.75) is 0 Å². The molecule has 1 aromatic carbocycles. The van der Waals surface area contributed by atoms with Gasteiger partial charge in [0.1, 0.15) is 18.7 Å². The quantitative estimate of drug-likeness (QED) is 0.664. The molecule has 5 heteroatoms. The van der Waals surface area contributed by atoms with Gasteiger partial charge in [-0.15, -0.1) is 0 Å². The monoisotopic (exact) mass is 185 g/mol. The predicted octanol–water partition coefficient (Wildman–Crippen LogP) is 0.721. The van der Waals surface area contributed by atoms with Crippen LogP contribution in [0.5, 0.6) is 0 Å². The SMILES string of the molecule is N#Cc1cccc(-n2cncn2)c1N. The highest BCUT2D eigenvalue weighted by molar-refractivity contribution is 5.66. The number of aromatic nitrogens is 3. The zero-order chi connectivity index (χ0) is 9.97. The molecule has 0 fully saturated rings. The van der Waals surface area contributed by atoms with Crippen LogP contribution in [0.25, 0.3) is 5.69 Å². The summed E-state index contributed by atoms with van der Waals surface area (Å²) in [5.74, 6) is 0. The van der Waals surface area contributed by atoms with Gasteiger partial charge in [-0.05, 0) is 12.1 Å². The molecule has 0 aliphatic carbocycles. The summed E-state index contributed by atoms with van der Waals surface area (Å²) in [6, 6.07) is 7.21. The van der Waals surface area contributed by atoms with Crippen LogP contribution in [0.2, 0.25) is 0 Å². The first-order chi connectivity index (χ1) is 6.83. The highest BCUT2D eigenvalue weighted by Crippen LogP contribution is 2.19. The van der Waals surface area contributed by atoms with E-state index in [9.17, 15) is 0 Å². The van der Waals surface area contributed by atoms with Crippen molar-refractivity contribution in [1.29, 1.82) is 5.26 Å². The molecular formula is C9H7N5. The van der Waals surface area contributed by atoms with Gasteiger partial charge in [0.2, 0.25) is 0 Å². The lowest BCUT2D eigenvalue weighted by Gasteiger charge is -2.05. The molecule has 0 saturated carbocycles. The fourth-order valence-electron chi connectivity index (χ4n) is 1.18. The average Bonchev–Trinajstić information content (AvgIpc) is 2.71. The number of rotatable bonds is 1. The third-order valence-electron chi connectivity index (χ3n) is 1.87. The minimum Gasteiger partial charge on any atom is -0.396 e. The van der Waals surface area contributed by atoms with Gasteiger partial charge in [-0.2, -0.15) is 10.4 Å². The van der Waals surface area contributed by atoms with E-state index in [1.807, 2.05) is 6.07 Å². The van der Waals surface area contributed by atoms with E-state index in [-0.39, 0.29) is 0 Å². The van der Waals surface area contributed by atoms with Gasteiger partial charge in [-0.3, -0.25) is 0 Å². The van der Waals surface area contributed by atoms with E-state index in [4.69, 9.17) is 11.0 Å². The van der Waals surface area contributed by atoms with Crippen molar-refractivity contribution in [3.8, 4) is 11.8 Å². The van der Waals surface area contributed by atoms with E-state index in [0.717, 1.165) is 0 Å². The topological polar surface area (TPSA) is 80.5 Å². The van der Waals surface area contributed by atoms with Crippen molar-refractivity contribution in [3.63, 3.8) is 0 Å². The van der Waals surface area contributed by atoms with Crippen molar-refractivity contribution >= 4 is 5.69 Å². The first-order valence-corrected chi connectivity index (χ1v) is 3.96. The molecular weight excluding hydrogens is 178 g/mol. The Hall–Kier alpha value is -2.35. The number of hydrogen-bond acceptors (Lipinski definition) is 4. The summed E-state index contributed by atoms with van der Waals surface area (Å²) in [5, 5.41) is 12.7. The number of nitrogens with two attached hydrogens (primary N) is 1. The summed E-state index contributed by atoms with van der Waals surface area (Å²) in [4.78, 5) is 3.81. The van der Waals surface area contributed by atoms with Gasteiger partial charge in [0.05, 0.1) is 16.9 Å². The van der Waals surface area contributed by atoms with Gasteiger partial charge in [-0.1, -0.05) is 6.07 Å². The minimum absolute atomic E-state index is 0.417. The number of nitrogen functional groups attached to an aromatic ring is 1. The molecule has 2 rings (SSSR count). The number of hydrogen-bond donors (Lipinski definition) is 1. The Labute approximate surface area is 80.4 Å². The third kappa shape index (κ3) is 1.19. The molecule has 5 nitrogen and oxygen atoms in total. The molecule has 1 heterocycles. The first-order valence-electron chi connectivity index (χ1n) is 3.96. The minimum atomic E-state index is 0.417. The Morgan fingerprint density at radius 2 is 2.29 bits per heavy atom. The molecule has 2 aromatic rings. The summed E-state index contributed by atoms with van der Waals surface area (Å²) in [6.45, 7) is 0. The molecule has 68 valence electrons. The average molecular weight is 185 g/mol. The van der Waals surface area contributed by atoms with Crippen molar-refractivity contribution in [3.05, 3.63) is 36.4 Å². The molecule has 0 spiro atoms. The van der Waals surface area contributed by atoms with Crippen LogP contribution in [0.1, 0.15) is 5.56 Å². The number of nitrogens with zero attached hydrogens (tertiary/aromatic N) is 4. The summed E-state index contributed by atoms with van der Waals surface area (Å²) >= 11 is 0. The Morgan fingerprint density at radius 3 is 2.93 bits per heavy atom. The van der Waals surface area contributed by atoms with Crippen LogP contribution in [0.3, 0.4) is 0 Å². The van der Waals surface area contributed by atoms with Crippen LogP contribution >= 0.6 is 0 Å². The zero-order valence-electron chi connectivity index (χ0n) is 7.25. The maximum atomic E-state index is 8.77. The lowest BCUT2D eigenvalue weighted by atomic mass is 10.1. The van der Waals surface area contributed by atoms with Gasteiger partial charge >= 0.3 is 0 Å². The molecule has 2 N–H and O–H groups in total. The van der Waals surface area contributed by atoms with Gasteiger partial charge in [0.15, 0.2) is 0 Å². The fraction of sp³-hybridized carbons (Fsp3) is 0. The van der Waals surface area contributed by atoms with Gasteiger partial charge in [-0.25, -0.2) is 9.67 Å². The molecule has 14 heavy (non-hydrogen) atoms. The van der Waals surface area contributed by atoms with Gasteiger partial charge in [0, 0.05) is 0 Å². The van der Waals surface area contributed by atoms with Crippen molar-refractivity contribution in [2.75, 3.05) is 5.73 Å². The Bertz CT molecular complexity index is 480. The smallest absolute Gasteiger partial charge is 0.138 e. The van der Waals surface area contributed by atoms with E-state index >= 15 is 0 Å². The summed E-state index contributed by atoms with van der Waals surface area (Å²) in [5.41, 5.74) is 7.30. The van der Waals surface area contributed by atoms with Gasteiger partial charge in [0.25, 0.3) is 0 Å². The Morgan fingerprint density at radius 1 is 1.43 bits per heavy atom. The molecule has 0 bridgehead atoms. The van der Waals surface area contributed by atoms with Crippen LogP contribution in [0, 0.1) is 11.3 Å². The molecule has 0 aliphatic heterocycles. The van der Waals surface area contributed by atoms with Crippen LogP contribution in [0.4, 0.5) is 5.69 Å². The predicted molar refractivity (Wildman–Crippen MR) is 50.5 cm³/mol. The number of para-hydroxylation sites is 1. The lowest BCUT2D eigenvalue weighted by Crippen LogP contribution is -2.01. The number of benzene rings is 1. The van der Waals surface area contributed by atoms with Crippen LogP contribution in [0.15, 0.2) is 30.9 Å². The van der Waals surface area contributed by atoms with Crippen LogP contribution in [-0.2, 0) is 0 Å². The Kier molecular flexibility index (Phi) is 1.88. The second-order valence-electron chi connectivity index (χ2n) is 2.69. The molecule has 0 saturated heterocycles. The second-order valence-corrected chi connectivity index (χ2v) is 2.69. The number of anilines is 1. The maximum Gasteiger partial charge on any atom is 0.138 e. The van der Waals surface area contributed by atoms with E-state index < -0.39 is 0 Å². The standard InChI is InChI=1S/C9H7N5/c10-4-7-2-1-3-8(9(7)11)14-6-12-5-13-14/h1-3,5-6H,11H2. The summed E-state index contributed by atoms with van der Waals surface area (Å²) in [7, 11) is 0. The molecule has 0 aliphatic rings. The molecule has 0 radical (unpaired) electrons. The van der Waals surface area contributed by atoms with E-state index in [1.54, 1.807) is 18.2 Å². The largest absolute Gasteiger partial charge is 0.396 e. The summed E-state index contributed by atoms with van der Waals surface area (Å²) < 4.78 is 1.52. The van der Waals surface area contributed by atoms with Gasteiger partial charge < -0.3 is 5.73 Å². The van der Waals surface area contributed by atoms with Crippen molar-refractivity contribution in [1.82, 2.24) is 14.8 Å². The van der Waals surface area contributed by atoms with Crippen molar-refractivity contribution < 1.29 is 0 Å². The maximum absolute atomic E-state index is 8.77. The van der Waals surface area contributed by atoms with Crippen LogP contribution in [-0.4, -0.2) is 14.8 Å². The van der Waals surface area contributed by atoms with Crippen LogP contribution < -0.4 is 5.73 Å². The highest BCUT2D eigenvalue weighted by Gasteiger charge is 2.05. The number of nitriles is 1. The molecule has 1 aromatic heterocycles. The third-order valence-corrected chi connectivity index (χ3v) is 1.87.